The van der Waals surface area contributed by atoms with E-state index in [1.807, 2.05) is 0 Å². The average molecular weight is 418 g/mol. The van der Waals surface area contributed by atoms with Crippen molar-refractivity contribution < 1.29 is 32.2 Å². The van der Waals surface area contributed by atoms with Crippen LogP contribution in [-0.2, 0) is 23.0 Å². The summed E-state index contributed by atoms with van der Waals surface area (Å²) >= 11 is 0. The molecule has 0 bridgehead atoms. The van der Waals surface area contributed by atoms with Crippen molar-refractivity contribution in [3.63, 3.8) is 0 Å². The van der Waals surface area contributed by atoms with E-state index in [1.54, 1.807) is 51.1 Å². The Balaban J connectivity index is 1.75. The summed E-state index contributed by atoms with van der Waals surface area (Å²) in [6.07, 6.45) is -4.39. The largest absolute Gasteiger partial charge is 0.489 e. The monoisotopic (exact) mass is 418 g/mol. The van der Waals surface area contributed by atoms with Gasteiger partial charge >= 0.3 is 12.1 Å². The number of furan rings is 1. The van der Waals surface area contributed by atoms with E-state index in [4.69, 9.17) is 9.15 Å². The number of benzene rings is 2. The topological polar surface area (TPSA) is 59.7 Å². The van der Waals surface area contributed by atoms with Gasteiger partial charge in [-0.2, -0.15) is 13.2 Å². The molecule has 1 N–H and O–H groups in total. The molecule has 2 aromatic carbocycles. The van der Waals surface area contributed by atoms with E-state index in [0.717, 1.165) is 17.7 Å². The molecular formula is C23H21F3O4. The van der Waals surface area contributed by atoms with Gasteiger partial charge in [0.2, 0.25) is 0 Å². The van der Waals surface area contributed by atoms with Crippen LogP contribution in [0.4, 0.5) is 13.2 Å². The molecule has 0 aliphatic carbocycles. The zero-order chi connectivity index (χ0) is 22.1. The van der Waals surface area contributed by atoms with Gasteiger partial charge in [-0.15, -0.1) is 0 Å². The number of hydrogen-bond acceptors (Lipinski definition) is 3. The van der Waals surface area contributed by atoms with Gasteiger partial charge in [0.1, 0.15) is 23.9 Å². The highest BCUT2D eigenvalue weighted by Crippen LogP contribution is 2.32. The lowest BCUT2D eigenvalue weighted by Crippen LogP contribution is -2.28. The molecular weight excluding hydrogens is 397 g/mol. The van der Waals surface area contributed by atoms with E-state index in [0.29, 0.717) is 28.4 Å². The van der Waals surface area contributed by atoms with E-state index >= 15 is 0 Å². The van der Waals surface area contributed by atoms with E-state index in [9.17, 15) is 23.1 Å². The van der Waals surface area contributed by atoms with Crippen LogP contribution in [0.1, 0.15) is 36.3 Å². The molecule has 1 aromatic heterocycles. The van der Waals surface area contributed by atoms with Gasteiger partial charge in [0.05, 0.1) is 11.0 Å². The van der Waals surface area contributed by atoms with Gasteiger partial charge in [-0.05, 0) is 56.7 Å². The molecule has 3 rings (SSSR count). The Hall–Kier alpha value is -3.22. The fourth-order valence-electron chi connectivity index (χ4n) is 2.89. The standard InChI is InChI=1S/C23H21F3O4/c1-14-16(11-20(30-14)15-7-9-17(10-8-15)23(24,25)26)13-29-19-6-4-5-18(12-19)22(2,3)21(27)28/h4-12H,13H2,1-3H3,(H,27,28). The number of carbonyl (C=O) groups is 1. The van der Waals surface area contributed by atoms with Gasteiger partial charge < -0.3 is 14.3 Å². The molecule has 0 atom stereocenters. The van der Waals surface area contributed by atoms with Gasteiger partial charge in [0, 0.05) is 11.1 Å². The van der Waals surface area contributed by atoms with E-state index < -0.39 is 23.1 Å². The van der Waals surface area contributed by atoms with Crippen LogP contribution in [0.25, 0.3) is 11.3 Å². The van der Waals surface area contributed by atoms with Crippen LogP contribution in [0.15, 0.2) is 59.0 Å². The highest BCUT2D eigenvalue weighted by atomic mass is 19.4. The number of halogens is 3. The third-order valence-electron chi connectivity index (χ3n) is 5.00. The SMILES string of the molecule is Cc1oc(-c2ccc(C(F)(F)F)cc2)cc1COc1cccc(C(C)(C)C(=O)O)c1. The van der Waals surface area contributed by atoms with Gasteiger partial charge in [-0.25, -0.2) is 0 Å². The molecule has 0 saturated carbocycles. The average Bonchev–Trinajstić information content (AvgIpc) is 3.06. The van der Waals surface area contributed by atoms with Crippen LogP contribution in [0.2, 0.25) is 0 Å². The smallest absolute Gasteiger partial charge is 0.416 e. The Bertz CT molecular complexity index is 1050. The molecule has 0 radical (unpaired) electrons. The molecule has 30 heavy (non-hydrogen) atoms. The lowest BCUT2D eigenvalue weighted by atomic mass is 9.85. The van der Waals surface area contributed by atoms with Crippen LogP contribution in [0.5, 0.6) is 5.75 Å². The predicted octanol–water partition coefficient (Wildman–Crippen LogP) is 6.22. The maximum absolute atomic E-state index is 12.7. The van der Waals surface area contributed by atoms with Crippen molar-refractivity contribution in [1.82, 2.24) is 0 Å². The molecule has 0 amide bonds. The minimum atomic E-state index is -4.39. The van der Waals surface area contributed by atoms with Crippen molar-refractivity contribution >= 4 is 5.97 Å². The molecule has 4 nitrogen and oxygen atoms in total. The highest BCUT2D eigenvalue weighted by molar-refractivity contribution is 5.80. The molecule has 1 heterocycles. The molecule has 0 aliphatic rings. The second-order valence-electron chi connectivity index (χ2n) is 7.51. The number of rotatable bonds is 6. The normalized spacial score (nSPS) is 12.1. The van der Waals surface area contributed by atoms with Crippen LogP contribution >= 0.6 is 0 Å². The lowest BCUT2D eigenvalue weighted by molar-refractivity contribution is -0.142. The summed E-state index contributed by atoms with van der Waals surface area (Å²) in [6.45, 7) is 5.15. The minimum absolute atomic E-state index is 0.174. The first kappa shape index (κ1) is 21.5. The number of carboxylic acids is 1. The first-order valence-electron chi connectivity index (χ1n) is 9.22. The molecule has 0 aliphatic heterocycles. The summed E-state index contributed by atoms with van der Waals surface area (Å²) in [4.78, 5) is 11.5. The van der Waals surface area contributed by atoms with Crippen molar-refractivity contribution in [3.05, 3.63) is 77.0 Å². The maximum Gasteiger partial charge on any atom is 0.416 e. The first-order valence-corrected chi connectivity index (χ1v) is 9.22. The second kappa shape index (κ2) is 7.89. The quantitative estimate of drug-likeness (QED) is 0.517. The lowest BCUT2D eigenvalue weighted by Gasteiger charge is -2.20. The van der Waals surface area contributed by atoms with Crippen molar-refractivity contribution in [2.75, 3.05) is 0 Å². The van der Waals surface area contributed by atoms with Crippen LogP contribution in [0.3, 0.4) is 0 Å². The number of hydrogen-bond donors (Lipinski definition) is 1. The molecule has 7 heteroatoms. The zero-order valence-corrected chi connectivity index (χ0v) is 16.7. The third kappa shape index (κ3) is 4.50. The summed E-state index contributed by atoms with van der Waals surface area (Å²) in [5.41, 5.74) is 0.111. The Kier molecular flexibility index (Phi) is 5.65. The first-order chi connectivity index (χ1) is 14.0. The van der Waals surface area contributed by atoms with Gasteiger partial charge in [-0.3, -0.25) is 4.79 Å². The number of alkyl halides is 3. The van der Waals surface area contributed by atoms with E-state index in [1.165, 1.54) is 12.1 Å². The predicted molar refractivity (Wildman–Crippen MR) is 105 cm³/mol. The molecule has 0 fully saturated rings. The van der Waals surface area contributed by atoms with E-state index in [2.05, 4.69) is 0 Å². The van der Waals surface area contributed by atoms with Gasteiger partial charge in [0.15, 0.2) is 0 Å². The Morgan fingerprint density at radius 3 is 2.30 bits per heavy atom. The summed E-state index contributed by atoms with van der Waals surface area (Å²) < 4.78 is 49.7. The maximum atomic E-state index is 12.7. The Labute approximate surface area is 171 Å². The Morgan fingerprint density at radius 1 is 1.03 bits per heavy atom. The van der Waals surface area contributed by atoms with Crippen molar-refractivity contribution in [1.29, 1.82) is 0 Å². The van der Waals surface area contributed by atoms with Crippen molar-refractivity contribution in [2.45, 2.75) is 39.0 Å². The number of aliphatic carboxylic acids is 1. The number of ether oxygens (including phenoxy) is 1. The molecule has 0 unspecified atom stereocenters. The van der Waals surface area contributed by atoms with Crippen LogP contribution in [-0.4, -0.2) is 11.1 Å². The fourth-order valence-corrected chi connectivity index (χ4v) is 2.89. The summed E-state index contributed by atoms with van der Waals surface area (Å²) in [5, 5.41) is 9.39. The molecule has 0 spiro atoms. The second-order valence-corrected chi connectivity index (χ2v) is 7.51. The van der Waals surface area contributed by atoms with Gasteiger partial charge in [-0.1, -0.05) is 24.3 Å². The van der Waals surface area contributed by atoms with Gasteiger partial charge in [0.25, 0.3) is 0 Å². The van der Waals surface area contributed by atoms with Crippen LogP contribution < -0.4 is 4.74 Å². The molecule has 0 saturated heterocycles. The molecule has 158 valence electrons. The summed E-state index contributed by atoms with van der Waals surface area (Å²) in [5.74, 6) is 0.609. The number of carboxylic acid groups (broad SMARTS) is 1. The summed E-state index contributed by atoms with van der Waals surface area (Å²) in [7, 11) is 0. The molecule has 3 aromatic rings. The van der Waals surface area contributed by atoms with Crippen molar-refractivity contribution in [3.8, 4) is 17.1 Å². The third-order valence-corrected chi connectivity index (χ3v) is 5.00. The van der Waals surface area contributed by atoms with Crippen LogP contribution in [0, 0.1) is 6.92 Å². The van der Waals surface area contributed by atoms with E-state index in [-0.39, 0.29) is 6.61 Å². The number of aryl methyl sites for hydroxylation is 1. The minimum Gasteiger partial charge on any atom is -0.489 e. The fraction of sp³-hybridized carbons (Fsp3) is 0.261. The highest BCUT2D eigenvalue weighted by Gasteiger charge is 2.30. The summed E-state index contributed by atoms with van der Waals surface area (Å²) in [6, 6.07) is 13.3. The zero-order valence-electron chi connectivity index (χ0n) is 16.7. The Morgan fingerprint density at radius 2 is 1.70 bits per heavy atom. The van der Waals surface area contributed by atoms with Crippen molar-refractivity contribution in [2.24, 2.45) is 0 Å².